The lowest BCUT2D eigenvalue weighted by Crippen LogP contribution is -2.38. The van der Waals surface area contributed by atoms with E-state index in [1.165, 1.54) is 25.5 Å². The van der Waals surface area contributed by atoms with E-state index in [0.717, 1.165) is 0 Å². The van der Waals surface area contributed by atoms with Crippen molar-refractivity contribution >= 4 is 11.9 Å². The summed E-state index contributed by atoms with van der Waals surface area (Å²) in [5.41, 5.74) is 0.313. The van der Waals surface area contributed by atoms with Crippen molar-refractivity contribution in [2.75, 3.05) is 0 Å². The maximum absolute atomic E-state index is 11.2. The molecule has 0 aliphatic heterocycles. The molecule has 1 rings (SSSR count). The average Bonchev–Trinajstić information content (AvgIpc) is 2.55. The smallest absolute Gasteiger partial charge is 0.325 e. The van der Waals surface area contributed by atoms with Crippen LogP contribution in [0.3, 0.4) is 0 Å². The van der Waals surface area contributed by atoms with Gasteiger partial charge >= 0.3 is 5.97 Å². The van der Waals surface area contributed by atoms with Crippen LogP contribution < -0.4 is 5.32 Å². The zero-order valence-corrected chi connectivity index (χ0v) is 6.98. The van der Waals surface area contributed by atoms with Gasteiger partial charge in [0, 0.05) is 0 Å². The number of furan rings is 1. The van der Waals surface area contributed by atoms with E-state index >= 15 is 0 Å². The third-order valence-electron chi connectivity index (χ3n) is 1.50. The van der Waals surface area contributed by atoms with Crippen LogP contribution in [0.4, 0.5) is 0 Å². The van der Waals surface area contributed by atoms with Gasteiger partial charge in [0.15, 0.2) is 0 Å². The Bertz CT molecular complexity index is 304. The summed E-state index contributed by atoms with van der Waals surface area (Å²) >= 11 is 0. The predicted molar refractivity (Wildman–Crippen MR) is 43.3 cm³/mol. The van der Waals surface area contributed by atoms with Crippen LogP contribution in [0.2, 0.25) is 0 Å². The molecule has 5 heteroatoms. The predicted octanol–water partition coefficient (Wildman–Crippen LogP) is 0.483. The van der Waals surface area contributed by atoms with Gasteiger partial charge in [0.25, 0.3) is 5.91 Å². The standard InChI is InChI=1S/C8H9NO4/c1-5(8(11)12)9-7(10)6-2-3-13-4-6/h2-5H,1H3,(H,9,10)(H,11,12). The number of aliphatic carboxylic acids is 1. The molecule has 0 radical (unpaired) electrons. The van der Waals surface area contributed by atoms with E-state index < -0.39 is 17.9 Å². The minimum Gasteiger partial charge on any atom is -0.480 e. The Hall–Kier alpha value is -1.78. The first-order chi connectivity index (χ1) is 6.11. The van der Waals surface area contributed by atoms with Crippen molar-refractivity contribution in [3.63, 3.8) is 0 Å². The molecule has 0 fully saturated rings. The van der Waals surface area contributed by atoms with E-state index in [9.17, 15) is 9.59 Å². The Morgan fingerprint density at radius 1 is 1.62 bits per heavy atom. The number of carboxylic acids is 1. The number of carboxylic acid groups (broad SMARTS) is 1. The van der Waals surface area contributed by atoms with Gasteiger partial charge in [-0.3, -0.25) is 9.59 Å². The maximum atomic E-state index is 11.2. The van der Waals surface area contributed by atoms with Crippen molar-refractivity contribution in [2.45, 2.75) is 13.0 Å². The van der Waals surface area contributed by atoms with Crippen LogP contribution in [0.1, 0.15) is 17.3 Å². The number of amides is 1. The molecule has 0 aromatic carbocycles. The third kappa shape index (κ3) is 2.33. The van der Waals surface area contributed by atoms with Crippen molar-refractivity contribution < 1.29 is 19.1 Å². The van der Waals surface area contributed by atoms with Crippen LogP contribution >= 0.6 is 0 Å². The highest BCUT2D eigenvalue weighted by molar-refractivity contribution is 5.96. The van der Waals surface area contributed by atoms with Crippen molar-refractivity contribution in [2.24, 2.45) is 0 Å². The molecule has 0 spiro atoms. The zero-order chi connectivity index (χ0) is 9.84. The molecule has 5 nitrogen and oxygen atoms in total. The fourth-order valence-corrected chi connectivity index (χ4v) is 0.735. The quantitative estimate of drug-likeness (QED) is 0.714. The summed E-state index contributed by atoms with van der Waals surface area (Å²) in [5, 5.41) is 10.8. The van der Waals surface area contributed by atoms with Gasteiger partial charge < -0.3 is 14.8 Å². The molecular weight excluding hydrogens is 174 g/mol. The van der Waals surface area contributed by atoms with Gasteiger partial charge in [-0.2, -0.15) is 0 Å². The molecular formula is C8H9NO4. The molecule has 0 bridgehead atoms. The first-order valence-corrected chi connectivity index (χ1v) is 3.67. The maximum Gasteiger partial charge on any atom is 0.325 e. The van der Waals surface area contributed by atoms with E-state index in [-0.39, 0.29) is 0 Å². The zero-order valence-electron chi connectivity index (χ0n) is 6.98. The van der Waals surface area contributed by atoms with Crippen LogP contribution in [-0.4, -0.2) is 23.0 Å². The van der Waals surface area contributed by atoms with E-state index in [1.54, 1.807) is 0 Å². The summed E-state index contributed by atoms with van der Waals surface area (Å²) in [5.74, 6) is -1.53. The molecule has 0 aliphatic rings. The minimum atomic E-state index is -1.07. The molecule has 0 saturated heterocycles. The summed E-state index contributed by atoms with van der Waals surface area (Å²) < 4.78 is 4.67. The van der Waals surface area contributed by atoms with Gasteiger partial charge in [0.05, 0.1) is 11.8 Å². The van der Waals surface area contributed by atoms with Crippen LogP contribution in [0.25, 0.3) is 0 Å². The Labute approximate surface area is 74.4 Å². The fraction of sp³-hybridized carbons (Fsp3) is 0.250. The van der Waals surface area contributed by atoms with Crippen molar-refractivity contribution in [3.05, 3.63) is 24.2 Å². The van der Waals surface area contributed by atoms with E-state index in [0.29, 0.717) is 5.56 Å². The number of rotatable bonds is 3. The second-order valence-corrected chi connectivity index (χ2v) is 2.55. The second kappa shape index (κ2) is 3.75. The van der Waals surface area contributed by atoms with Gasteiger partial charge in [0.2, 0.25) is 0 Å². The van der Waals surface area contributed by atoms with Gasteiger partial charge in [0.1, 0.15) is 12.3 Å². The largest absolute Gasteiger partial charge is 0.480 e. The summed E-state index contributed by atoms with van der Waals surface area (Å²) in [6.45, 7) is 1.39. The summed E-state index contributed by atoms with van der Waals surface area (Å²) in [6, 6.07) is 0.562. The number of carbonyl (C=O) groups excluding carboxylic acids is 1. The normalized spacial score (nSPS) is 12.1. The van der Waals surface area contributed by atoms with Gasteiger partial charge in [-0.1, -0.05) is 0 Å². The Kier molecular flexibility index (Phi) is 2.69. The Balaban J connectivity index is 2.56. The lowest BCUT2D eigenvalue weighted by molar-refractivity contribution is -0.138. The molecule has 2 N–H and O–H groups in total. The van der Waals surface area contributed by atoms with Crippen molar-refractivity contribution in [1.29, 1.82) is 0 Å². The second-order valence-electron chi connectivity index (χ2n) is 2.55. The molecule has 13 heavy (non-hydrogen) atoms. The Morgan fingerprint density at radius 3 is 2.77 bits per heavy atom. The highest BCUT2D eigenvalue weighted by Crippen LogP contribution is 1.99. The first kappa shape index (κ1) is 9.31. The van der Waals surface area contributed by atoms with Gasteiger partial charge in [-0.25, -0.2) is 0 Å². The summed E-state index contributed by atoms with van der Waals surface area (Å²) in [7, 11) is 0. The molecule has 1 heterocycles. The lowest BCUT2D eigenvalue weighted by Gasteiger charge is -2.06. The minimum absolute atomic E-state index is 0.313. The third-order valence-corrected chi connectivity index (χ3v) is 1.50. The Morgan fingerprint density at radius 2 is 2.31 bits per heavy atom. The van der Waals surface area contributed by atoms with Crippen LogP contribution in [0, 0.1) is 0 Å². The molecule has 1 amide bonds. The van der Waals surface area contributed by atoms with E-state index in [1.807, 2.05) is 0 Å². The van der Waals surface area contributed by atoms with E-state index in [2.05, 4.69) is 9.73 Å². The molecule has 0 saturated carbocycles. The molecule has 0 aliphatic carbocycles. The van der Waals surface area contributed by atoms with Crippen molar-refractivity contribution in [1.82, 2.24) is 5.32 Å². The van der Waals surface area contributed by atoms with Gasteiger partial charge in [-0.05, 0) is 13.0 Å². The number of nitrogens with one attached hydrogen (secondary N) is 1. The monoisotopic (exact) mass is 183 g/mol. The summed E-state index contributed by atoms with van der Waals surface area (Å²) in [6.07, 6.45) is 2.60. The first-order valence-electron chi connectivity index (χ1n) is 3.67. The topological polar surface area (TPSA) is 79.5 Å². The molecule has 1 unspecified atom stereocenters. The van der Waals surface area contributed by atoms with Crippen molar-refractivity contribution in [3.8, 4) is 0 Å². The summed E-state index contributed by atoms with van der Waals surface area (Å²) in [4.78, 5) is 21.6. The van der Waals surface area contributed by atoms with Crippen LogP contribution in [-0.2, 0) is 4.79 Å². The fourth-order valence-electron chi connectivity index (χ4n) is 0.735. The van der Waals surface area contributed by atoms with Crippen LogP contribution in [0.15, 0.2) is 23.0 Å². The number of hydrogen-bond donors (Lipinski definition) is 2. The number of hydrogen-bond acceptors (Lipinski definition) is 3. The highest BCUT2D eigenvalue weighted by atomic mass is 16.4. The SMILES string of the molecule is CC(NC(=O)c1ccoc1)C(=O)O. The van der Waals surface area contributed by atoms with E-state index in [4.69, 9.17) is 5.11 Å². The molecule has 1 atom stereocenters. The highest BCUT2D eigenvalue weighted by Gasteiger charge is 2.15. The molecule has 70 valence electrons. The number of carbonyl (C=O) groups is 2. The van der Waals surface area contributed by atoms with Crippen LogP contribution in [0.5, 0.6) is 0 Å². The lowest BCUT2D eigenvalue weighted by atomic mass is 10.3. The molecule has 1 aromatic heterocycles. The molecule has 1 aromatic rings. The van der Waals surface area contributed by atoms with Gasteiger partial charge in [-0.15, -0.1) is 0 Å². The average molecular weight is 183 g/mol.